The van der Waals surface area contributed by atoms with Gasteiger partial charge in [-0.15, -0.1) is 0 Å². The summed E-state index contributed by atoms with van der Waals surface area (Å²) in [5.74, 6) is -0.265. The molecule has 0 bridgehead atoms. The molecule has 3 N–H and O–H groups in total. The van der Waals surface area contributed by atoms with Crippen molar-refractivity contribution in [3.63, 3.8) is 0 Å². The Hall–Kier alpha value is -2.21. The van der Waals surface area contributed by atoms with E-state index in [2.05, 4.69) is 23.4 Å². The maximum Gasteiger partial charge on any atom is 0.458 e. The topological polar surface area (TPSA) is 126 Å². The molecule has 1 aliphatic heterocycles. The Bertz CT molecular complexity index is 1320. The van der Waals surface area contributed by atoms with Gasteiger partial charge in [0, 0.05) is 18.4 Å². The van der Waals surface area contributed by atoms with Crippen LogP contribution in [0, 0.1) is 5.92 Å². The first-order chi connectivity index (χ1) is 17.7. The second kappa shape index (κ2) is 9.76. The molecular weight excluding hydrogens is 503 g/mol. The van der Waals surface area contributed by atoms with E-state index in [-0.39, 0.29) is 29.8 Å². The van der Waals surface area contributed by atoms with Crippen LogP contribution < -0.4 is 10.5 Å². The summed E-state index contributed by atoms with van der Waals surface area (Å²) in [5.41, 5.74) is 5.02. The lowest BCUT2D eigenvalue weighted by molar-refractivity contribution is 0.00578. The lowest BCUT2D eigenvalue weighted by atomic mass is 9.77. The maximum atomic E-state index is 13.5. The summed E-state index contributed by atoms with van der Waals surface area (Å²) in [7, 11) is -4.49. The Labute approximate surface area is 226 Å². The highest BCUT2D eigenvalue weighted by molar-refractivity contribution is 7.89. The van der Waals surface area contributed by atoms with Crippen LogP contribution in [0.4, 0.5) is 5.69 Å². The van der Waals surface area contributed by atoms with Gasteiger partial charge in [-0.05, 0) is 107 Å². The first-order valence-electron chi connectivity index (χ1n) is 13.7. The van der Waals surface area contributed by atoms with Crippen molar-refractivity contribution in [1.29, 1.82) is 0 Å². The normalized spacial score (nSPS) is 20.4. The van der Waals surface area contributed by atoms with Crippen LogP contribution >= 0.6 is 0 Å². The number of sulfonamides is 1. The molecule has 2 aliphatic carbocycles. The number of amides is 1. The number of nitrogens with zero attached hydrogens (tertiary/aromatic N) is 2. The van der Waals surface area contributed by atoms with E-state index in [0.717, 1.165) is 44.2 Å². The fraction of sp³-hybridized carbons (Fsp3) is 0.630. The summed E-state index contributed by atoms with van der Waals surface area (Å²) >= 11 is 0. The van der Waals surface area contributed by atoms with Gasteiger partial charge in [-0.3, -0.25) is 9.48 Å². The molecule has 3 aliphatic rings. The number of aromatic nitrogens is 2. The van der Waals surface area contributed by atoms with Gasteiger partial charge in [0.25, 0.3) is 15.9 Å². The maximum absolute atomic E-state index is 13.5. The van der Waals surface area contributed by atoms with E-state index in [1.54, 1.807) is 0 Å². The molecule has 1 saturated heterocycles. The Morgan fingerprint density at radius 3 is 2.24 bits per heavy atom. The molecule has 206 valence electrons. The average molecular weight is 543 g/mol. The summed E-state index contributed by atoms with van der Waals surface area (Å²) in [6.45, 7) is 10.6. The fourth-order valence-electron chi connectivity index (χ4n) is 5.89. The zero-order valence-electron chi connectivity index (χ0n) is 23.1. The number of carbonyl (C=O) groups is 1. The molecule has 0 radical (unpaired) electrons. The van der Waals surface area contributed by atoms with Gasteiger partial charge in [0.2, 0.25) is 5.03 Å². The molecule has 1 aromatic carbocycles. The summed E-state index contributed by atoms with van der Waals surface area (Å²) in [6, 6.07) is 2.29. The Kier molecular flexibility index (Phi) is 7.03. The van der Waals surface area contributed by atoms with E-state index in [4.69, 9.17) is 14.4 Å². The highest BCUT2D eigenvalue weighted by atomic mass is 32.2. The minimum atomic E-state index is -4.19. The van der Waals surface area contributed by atoms with Crippen molar-refractivity contribution in [3.8, 4) is 0 Å². The van der Waals surface area contributed by atoms with Crippen LogP contribution in [0.2, 0.25) is 6.32 Å². The number of aryl methyl sites for hydroxylation is 3. The lowest BCUT2D eigenvalue weighted by Crippen LogP contribution is -2.41. The van der Waals surface area contributed by atoms with Crippen molar-refractivity contribution in [2.24, 2.45) is 11.1 Å². The second-order valence-electron chi connectivity index (χ2n) is 12.2. The van der Waals surface area contributed by atoms with Crippen molar-refractivity contribution in [1.82, 2.24) is 9.78 Å². The largest absolute Gasteiger partial charge is 0.458 e. The van der Waals surface area contributed by atoms with Gasteiger partial charge in [0.1, 0.15) is 0 Å². The van der Waals surface area contributed by atoms with Crippen molar-refractivity contribution in [2.45, 2.75) is 109 Å². The van der Waals surface area contributed by atoms with E-state index in [9.17, 15) is 13.2 Å². The van der Waals surface area contributed by atoms with E-state index in [1.807, 2.05) is 27.7 Å². The van der Waals surface area contributed by atoms with Gasteiger partial charge < -0.3 is 14.6 Å². The average Bonchev–Trinajstić information content (AvgIpc) is 3.57. The number of nitrogens with one attached hydrogen (secondary N) is 1. The van der Waals surface area contributed by atoms with Gasteiger partial charge in [-0.1, -0.05) is 13.0 Å². The summed E-state index contributed by atoms with van der Waals surface area (Å²) in [5, 5.41) is 12.4. The molecule has 11 heteroatoms. The number of primary sulfonamides is 1. The van der Waals surface area contributed by atoms with Gasteiger partial charge in [-0.2, -0.15) is 5.10 Å². The fourth-order valence-corrected chi connectivity index (χ4v) is 6.56. The van der Waals surface area contributed by atoms with E-state index in [1.165, 1.54) is 33.1 Å². The first kappa shape index (κ1) is 27.4. The molecule has 2 heterocycles. The van der Waals surface area contributed by atoms with Crippen LogP contribution in [0.15, 0.2) is 17.3 Å². The van der Waals surface area contributed by atoms with Crippen LogP contribution in [-0.4, -0.2) is 42.4 Å². The Balaban J connectivity index is 1.31. The van der Waals surface area contributed by atoms with E-state index < -0.39 is 21.0 Å². The van der Waals surface area contributed by atoms with Gasteiger partial charge in [0.05, 0.1) is 16.8 Å². The highest BCUT2D eigenvalue weighted by Crippen LogP contribution is 2.40. The minimum Gasteiger partial charge on any atom is -0.403 e. The standard InChI is InChI=1S/C27H39BN4O5S/c1-17(15-28-36-26(2,3)27(4,5)37-28)12-13-32-16-22(25(31-32)38(29,34)35)24(33)30-23-20-10-6-8-18(20)14-19-9-7-11-21(19)23/h14,16-17H,6-13,15H2,1-5H3,(H,30,33)(H2,29,34,35). The lowest BCUT2D eigenvalue weighted by Gasteiger charge is -2.32. The SMILES string of the molecule is CC(CCn1cc(C(=O)Nc2c3c(cc4c2CCC4)CCC3)c(S(N)(=O)=O)n1)CB1OC(C)(C)C(C)(C)O1. The quantitative estimate of drug-likeness (QED) is 0.488. The molecule has 2 aromatic rings. The van der Waals surface area contributed by atoms with Gasteiger partial charge >= 0.3 is 7.12 Å². The van der Waals surface area contributed by atoms with Crippen molar-refractivity contribution in [3.05, 3.63) is 40.1 Å². The molecule has 1 fully saturated rings. The Morgan fingerprint density at radius 2 is 1.68 bits per heavy atom. The van der Waals surface area contributed by atoms with Crippen LogP contribution in [0.5, 0.6) is 0 Å². The number of carbonyl (C=O) groups excluding carboxylic acids is 1. The van der Waals surface area contributed by atoms with Crippen molar-refractivity contribution >= 4 is 28.7 Å². The predicted molar refractivity (Wildman–Crippen MR) is 147 cm³/mol. The van der Waals surface area contributed by atoms with E-state index >= 15 is 0 Å². The Morgan fingerprint density at radius 1 is 1.11 bits per heavy atom. The molecular formula is C27H39BN4O5S. The van der Waals surface area contributed by atoms with Crippen molar-refractivity contribution < 1.29 is 22.5 Å². The molecule has 5 rings (SSSR count). The number of rotatable bonds is 8. The minimum absolute atomic E-state index is 0.0199. The summed E-state index contributed by atoms with van der Waals surface area (Å²) in [4.78, 5) is 13.5. The van der Waals surface area contributed by atoms with E-state index in [0.29, 0.717) is 19.3 Å². The molecule has 9 nitrogen and oxygen atoms in total. The number of benzene rings is 1. The molecule has 1 amide bonds. The molecule has 38 heavy (non-hydrogen) atoms. The second-order valence-corrected chi connectivity index (χ2v) is 13.6. The third kappa shape index (κ3) is 5.18. The van der Waals surface area contributed by atoms with Crippen LogP contribution in [0.3, 0.4) is 0 Å². The van der Waals surface area contributed by atoms with Crippen LogP contribution in [0.1, 0.15) is 86.5 Å². The smallest absolute Gasteiger partial charge is 0.403 e. The third-order valence-corrected chi connectivity index (χ3v) is 9.54. The third-order valence-electron chi connectivity index (χ3n) is 8.70. The van der Waals surface area contributed by atoms with Crippen LogP contribution in [-0.2, 0) is 51.6 Å². The number of nitrogens with two attached hydrogens (primary N) is 1. The van der Waals surface area contributed by atoms with Crippen molar-refractivity contribution in [2.75, 3.05) is 5.32 Å². The monoisotopic (exact) mass is 542 g/mol. The van der Waals surface area contributed by atoms with Gasteiger partial charge in [-0.25, -0.2) is 13.6 Å². The summed E-state index contributed by atoms with van der Waals surface area (Å²) < 4.78 is 38.5. The van der Waals surface area contributed by atoms with Gasteiger partial charge in [0.15, 0.2) is 0 Å². The predicted octanol–water partition coefficient (Wildman–Crippen LogP) is 3.88. The van der Waals surface area contributed by atoms with Crippen LogP contribution in [0.25, 0.3) is 0 Å². The highest BCUT2D eigenvalue weighted by Gasteiger charge is 2.51. The summed E-state index contributed by atoms with van der Waals surface area (Å²) in [6.07, 6.45) is 8.88. The molecule has 1 aromatic heterocycles. The first-order valence-corrected chi connectivity index (χ1v) is 15.2. The molecule has 1 unspecified atom stereocenters. The number of hydrogen-bond acceptors (Lipinski definition) is 6. The zero-order valence-corrected chi connectivity index (χ0v) is 23.9. The number of fused-ring (bicyclic) bond motifs is 2. The zero-order chi connectivity index (χ0) is 27.5. The number of hydrogen-bond donors (Lipinski definition) is 2. The molecule has 0 saturated carbocycles. The number of anilines is 1. The molecule has 0 spiro atoms. The molecule has 1 atom stereocenters.